The van der Waals surface area contributed by atoms with Crippen LogP contribution in [0.5, 0.6) is 0 Å². The van der Waals surface area contributed by atoms with E-state index in [1.54, 1.807) is 42.7 Å². The summed E-state index contributed by atoms with van der Waals surface area (Å²) in [7, 11) is 4.30. The third kappa shape index (κ3) is 14.2. The Morgan fingerprint density at radius 2 is 0.735 bits per heavy atom. The molecule has 4 N–H and O–H groups in total. The quantitative estimate of drug-likeness (QED) is 0.131. The molecule has 34 heavy (non-hydrogen) atoms. The fraction of sp³-hybridized carbons (Fsp3) is 0.900. The van der Waals surface area contributed by atoms with Crippen LogP contribution in [0.25, 0.3) is 0 Å². The largest absolute Gasteiger partial charge is 0.500 e. The molecule has 0 spiro atoms. The first kappa shape index (κ1) is 32.7. The van der Waals surface area contributed by atoms with Crippen molar-refractivity contribution in [2.75, 3.05) is 68.8 Å². The minimum absolute atomic E-state index is 0.181. The lowest BCUT2D eigenvalue weighted by atomic mass is 10.2. The number of amides is 4. The average Bonchev–Trinajstić information content (AvgIpc) is 2.86. The smallest absolute Gasteiger partial charge is 0.377 e. The molecule has 0 saturated carbocycles. The predicted octanol–water partition coefficient (Wildman–Crippen LogP) is 1.68. The Balaban J connectivity index is 3.62. The van der Waals surface area contributed by atoms with Crippen LogP contribution in [0.1, 0.15) is 38.5 Å². The number of hydrogen-bond acceptors (Lipinski definition) is 8. The number of hydrogen-bond donors (Lipinski definition) is 4. The zero-order valence-corrected chi connectivity index (χ0v) is 23.8. The van der Waals surface area contributed by atoms with Gasteiger partial charge in [0.2, 0.25) is 0 Å². The molecule has 0 rings (SSSR count). The molecule has 0 unspecified atom stereocenters. The molecule has 0 radical (unpaired) electrons. The Hall–Kier alpha value is -1.27. The van der Waals surface area contributed by atoms with E-state index in [0.717, 1.165) is 25.7 Å². The van der Waals surface area contributed by atoms with Crippen LogP contribution in [0, 0.1) is 0 Å². The van der Waals surface area contributed by atoms with Gasteiger partial charge in [0, 0.05) is 80.9 Å². The SMILES string of the molecule is CO[Si](CCCNC(=O)NCCCCCCNC(=O)NCCC[Si](OC)(OC)OC)(OC)OC. The summed E-state index contributed by atoms with van der Waals surface area (Å²) in [5, 5.41) is 11.3. The van der Waals surface area contributed by atoms with Crippen LogP contribution in [-0.4, -0.2) is 98.5 Å². The van der Waals surface area contributed by atoms with Crippen molar-refractivity contribution >= 4 is 29.7 Å². The molecular weight excluding hydrogens is 480 g/mol. The lowest BCUT2D eigenvalue weighted by molar-refractivity contribution is 0.122. The molecule has 0 aromatic heterocycles. The van der Waals surface area contributed by atoms with Gasteiger partial charge < -0.3 is 47.8 Å². The summed E-state index contributed by atoms with van der Waals surface area (Å²) in [6.45, 7) is 2.28. The topological polar surface area (TPSA) is 138 Å². The number of carbonyl (C=O) groups is 2. The van der Waals surface area contributed by atoms with Crippen molar-refractivity contribution in [3.63, 3.8) is 0 Å². The van der Waals surface area contributed by atoms with E-state index in [1.807, 2.05) is 0 Å². The molecule has 0 aliphatic carbocycles. The normalized spacial score (nSPS) is 11.8. The van der Waals surface area contributed by atoms with Gasteiger partial charge in [0.05, 0.1) is 0 Å². The lowest BCUT2D eigenvalue weighted by Gasteiger charge is -2.24. The molecule has 0 atom stereocenters. The second-order valence-electron chi connectivity index (χ2n) is 7.58. The Morgan fingerprint density at radius 1 is 0.471 bits per heavy atom. The van der Waals surface area contributed by atoms with E-state index >= 15 is 0 Å². The number of carbonyl (C=O) groups excluding carboxylic acids is 2. The summed E-state index contributed by atoms with van der Waals surface area (Å²) >= 11 is 0. The summed E-state index contributed by atoms with van der Waals surface area (Å²) < 4.78 is 32.1. The van der Waals surface area contributed by atoms with Crippen LogP contribution >= 0.6 is 0 Å². The average molecular weight is 527 g/mol. The molecule has 14 heteroatoms. The van der Waals surface area contributed by atoms with Crippen molar-refractivity contribution in [3.8, 4) is 0 Å². The van der Waals surface area contributed by atoms with Crippen molar-refractivity contribution < 1.29 is 36.1 Å². The van der Waals surface area contributed by atoms with Crippen LogP contribution in [0.3, 0.4) is 0 Å². The Morgan fingerprint density at radius 3 is 1.00 bits per heavy atom. The molecule has 12 nitrogen and oxygen atoms in total. The van der Waals surface area contributed by atoms with Crippen molar-refractivity contribution in [1.29, 1.82) is 0 Å². The summed E-state index contributed by atoms with van der Waals surface area (Å²) in [5.74, 6) is 0. The zero-order valence-electron chi connectivity index (χ0n) is 21.8. The molecule has 0 heterocycles. The van der Waals surface area contributed by atoms with Crippen molar-refractivity contribution in [3.05, 3.63) is 0 Å². The van der Waals surface area contributed by atoms with Crippen LogP contribution in [0.4, 0.5) is 9.59 Å². The van der Waals surface area contributed by atoms with E-state index in [0.29, 0.717) is 51.1 Å². The van der Waals surface area contributed by atoms with Crippen LogP contribution < -0.4 is 21.3 Å². The summed E-state index contributed by atoms with van der Waals surface area (Å²) in [5.41, 5.74) is 0. The predicted molar refractivity (Wildman–Crippen MR) is 134 cm³/mol. The van der Waals surface area contributed by atoms with Gasteiger partial charge >= 0.3 is 29.7 Å². The van der Waals surface area contributed by atoms with E-state index in [-0.39, 0.29) is 12.1 Å². The second kappa shape index (κ2) is 20.0. The highest BCUT2D eigenvalue weighted by atomic mass is 28.4. The Kier molecular flexibility index (Phi) is 19.2. The van der Waals surface area contributed by atoms with Gasteiger partial charge in [-0.1, -0.05) is 12.8 Å². The van der Waals surface area contributed by atoms with Gasteiger partial charge in [-0.3, -0.25) is 0 Å². The van der Waals surface area contributed by atoms with Crippen LogP contribution in [0.2, 0.25) is 12.1 Å². The van der Waals surface area contributed by atoms with Gasteiger partial charge in [0.25, 0.3) is 0 Å². The highest BCUT2D eigenvalue weighted by Gasteiger charge is 2.37. The minimum atomic E-state index is -2.58. The Labute approximate surface area is 206 Å². The van der Waals surface area contributed by atoms with E-state index in [1.165, 1.54) is 0 Å². The van der Waals surface area contributed by atoms with Gasteiger partial charge in [-0.05, 0) is 25.7 Å². The maximum absolute atomic E-state index is 11.8. The number of rotatable bonds is 21. The zero-order chi connectivity index (χ0) is 25.7. The highest BCUT2D eigenvalue weighted by molar-refractivity contribution is 6.60. The van der Waals surface area contributed by atoms with Crippen molar-refractivity contribution in [1.82, 2.24) is 21.3 Å². The monoisotopic (exact) mass is 526 g/mol. The van der Waals surface area contributed by atoms with E-state index in [9.17, 15) is 9.59 Å². The molecule has 0 bridgehead atoms. The van der Waals surface area contributed by atoms with Gasteiger partial charge in [-0.2, -0.15) is 0 Å². The van der Waals surface area contributed by atoms with Crippen LogP contribution in [0.15, 0.2) is 0 Å². The summed E-state index contributed by atoms with van der Waals surface area (Å²) in [4.78, 5) is 23.6. The van der Waals surface area contributed by atoms with Crippen molar-refractivity contribution in [2.24, 2.45) is 0 Å². The molecule has 0 saturated heterocycles. The van der Waals surface area contributed by atoms with Gasteiger partial charge in [0.1, 0.15) is 0 Å². The summed E-state index contributed by atoms with van der Waals surface area (Å²) in [6, 6.07) is 0.916. The molecular formula is C20H46N4O8Si2. The first-order valence-electron chi connectivity index (χ1n) is 11.7. The number of unbranched alkanes of at least 4 members (excludes halogenated alkanes) is 3. The maximum atomic E-state index is 11.8. The number of nitrogens with one attached hydrogen (secondary N) is 4. The second-order valence-corrected chi connectivity index (χ2v) is 13.8. The molecule has 0 aromatic rings. The van der Waals surface area contributed by atoms with E-state index < -0.39 is 17.6 Å². The lowest BCUT2D eigenvalue weighted by Crippen LogP contribution is -2.44. The maximum Gasteiger partial charge on any atom is 0.500 e. The highest BCUT2D eigenvalue weighted by Crippen LogP contribution is 2.15. The van der Waals surface area contributed by atoms with Gasteiger partial charge in [0.15, 0.2) is 0 Å². The molecule has 4 amide bonds. The number of urea groups is 2. The third-order valence-corrected chi connectivity index (χ3v) is 11.1. The van der Waals surface area contributed by atoms with Crippen LogP contribution in [-0.2, 0) is 26.6 Å². The summed E-state index contributed by atoms with van der Waals surface area (Å²) in [6.07, 6.45) is 5.15. The third-order valence-electron chi connectivity index (χ3n) is 5.43. The fourth-order valence-electron chi connectivity index (χ4n) is 3.26. The first-order chi connectivity index (χ1) is 16.4. The minimum Gasteiger partial charge on any atom is -0.377 e. The molecule has 0 fully saturated rings. The molecule has 0 aromatic carbocycles. The van der Waals surface area contributed by atoms with E-state index in [4.69, 9.17) is 26.6 Å². The standard InChI is InChI=1S/C20H46N4O8Si2/c1-27-33(28-2,29-3)17-11-15-23-19(25)21-13-9-7-8-10-14-22-20(26)24-16-12-18-34(30-4,31-5)32-6/h7-18H2,1-6H3,(H2,21,23,25)(H2,22,24,26). The van der Waals surface area contributed by atoms with E-state index in [2.05, 4.69) is 21.3 Å². The fourth-order valence-corrected chi connectivity index (χ4v) is 6.70. The van der Waals surface area contributed by atoms with Crippen molar-refractivity contribution in [2.45, 2.75) is 50.6 Å². The molecule has 0 aliphatic heterocycles. The molecule has 202 valence electrons. The van der Waals surface area contributed by atoms with Gasteiger partial charge in [-0.25, -0.2) is 9.59 Å². The first-order valence-corrected chi connectivity index (χ1v) is 15.6. The van der Waals surface area contributed by atoms with Gasteiger partial charge in [-0.15, -0.1) is 0 Å². The Bertz CT molecular complexity index is 478. The molecule has 0 aliphatic rings.